The SMILES string of the molecule is CCCCn1c(-c2sc(C)nc2C)nn(Cc2ccc(OC)cc2)c1=S. The van der Waals surface area contributed by atoms with E-state index in [1.54, 1.807) is 18.4 Å². The molecule has 0 unspecified atom stereocenters. The highest BCUT2D eigenvalue weighted by atomic mass is 32.1. The second-order valence-corrected chi connectivity index (χ2v) is 7.83. The summed E-state index contributed by atoms with van der Waals surface area (Å²) in [6.45, 7) is 7.78. The quantitative estimate of drug-likeness (QED) is 0.534. The summed E-state index contributed by atoms with van der Waals surface area (Å²) in [6.07, 6.45) is 2.19. The van der Waals surface area contributed by atoms with Crippen molar-refractivity contribution in [3.63, 3.8) is 0 Å². The highest BCUT2D eigenvalue weighted by Gasteiger charge is 2.17. The molecular formula is C19H24N4OS2. The van der Waals surface area contributed by atoms with Gasteiger partial charge in [-0.25, -0.2) is 9.67 Å². The average molecular weight is 389 g/mol. The molecule has 3 rings (SSSR count). The van der Waals surface area contributed by atoms with Crippen molar-refractivity contribution in [1.29, 1.82) is 0 Å². The van der Waals surface area contributed by atoms with Crippen molar-refractivity contribution in [2.24, 2.45) is 0 Å². The highest BCUT2D eigenvalue weighted by molar-refractivity contribution is 7.71. The lowest BCUT2D eigenvalue weighted by Crippen LogP contribution is -2.04. The van der Waals surface area contributed by atoms with E-state index in [2.05, 4.69) is 16.5 Å². The Kier molecular flexibility index (Phi) is 5.88. The monoisotopic (exact) mass is 388 g/mol. The Morgan fingerprint density at radius 2 is 1.92 bits per heavy atom. The van der Waals surface area contributed by atoms with Gasteiger partial charge >= 0.3 is 0 Å². The van der Waals surface area contributed by atoms with E-state index >= 15 is 0 Å². The van der Waals surface area contributed by atoms with E-state index in [0.29, 0.717) is 6.54 Å². The van der Waals surface area contributed by atoms with Gasteiger partial charge in [0.15, 0.2) is 10.6 Å². The van der Waals surface area contributed by atoms with Crippen LogP contribution in [0.2, 0.25) is 0 Å². The maximum atomic E-state index is 5.75. The minimum Gasteiger partial charge on any atom is -0.497 e. The van der Waals surface area contributed by atoms with Gasteiger partial charge in [-0.2, -0.15) is 5.10 Å². The molecule has 0 aliphatic carbocycles. The topological polar surface area (TPSA) is 44.9 Å². The van der Waals surface area contributed by atoms with Crippen LogP contribution in [-0.2, 0) is 13.1 Å². The molecule has 2 aromatic heterocycles. The lowest BCUT2D eigenvalue weighted by atomic mass is 10.2. The standard InChI is InChI=1S/C19H24N4OS2/c1-5-6-11-22-18(17-13(2)20-14(3)26-17)21-23(19(22)25)12-15-7-9-16(24-4)10-8-15/h7-10H,5-6,11-12H2,1-4H3. The molecule has 0 saturated carbocycles. The Bertz CT molecular complexity index is 938. The summed E-state index contributed by atoms with van der Waals surface area (Å²) < 4.78 is 10.1. The first-order chi connectivity index (χ1) is 12.5. The fraction of sp³-hybridized carbons (Fsp3) is 0.421. The number of benzene rings is 1. The smallest absolute Gasteiger partial charge is 0.198 e. The average Bonchev–Trinajstić information content (AvgIpc) is 3.12. The summed E-state index contributed by atoms with van der Waals surface area (Å²) in [5, 5.41) is 5.91. The van der Waals surface area contributed by atoms with Crippen LogP contribution in [0.5, 0.6) is 5.75 Å². The number of hydrogen-bond acceptors (Lipinski definition) is 5. The summed E-state index contributed by atoms with van der Waals surface area (Å²) in [7, 11) is 1.67. The lowest BCUT2D eigenvalue weighted by Gasteiger charge is -2.05. The Balaban J connectivity index is 2.00. The number of thiazole rings is 1. The fourth-order valence-corrected chi connectivity index (χ4v) is 4.07. The molecule has 0 aliphatic heterocycles. The Labute approximate surface area is 163 Å². The predicted molar refractivity (Wildman–Crippen MR) is 109 cm³/mol. The first-order valence-corrected chi connectivity index (χ1v) is 10.0. The summed E-state index contributed by atoms with van der Waals surface area (Å²) >= 11 is 7.42. The molecule has 0 N–H and O–H groups in total. The molecule has 2 heterocycles. The number of rotatable bonds is 7. The number of methoxy groups -OCH3 is 1. The molecule has 0 fully saturated rings. The first kappa shape index (κ1) is 18.8. The Hall–Kier alpha value is -1.99. The van der Waals surface area contributed by atoms with Crippen LogP contribution in [0, 0.1) is 18.6 Å². The number of hydrogen-bond donors (Lipinski definition) is 0. The maximum Gasteiger partial charge on any atom is 0.198 e. The van der Waals surface area contributed by atoms with Gasteiger partial charge < -0.3 is 4.74 Å². The molecule has 0 spiro atoms. The zero-order valence-electron chi connectivity index (χ0n) is 15.7. The van der Waals surface area contributed by atoms with Crippen molar-refractivity contribution in [2.45, 2.75) is 46.7 Å². The second kappa shape index (κ2) is 8.14. The van der Waals surface area contributed by atoms with Crippen molar-refractivity contribution >= 4 is 23.6 Å². The van der Waals surface area contributed by atoms with Gasteiger partial charge in [0.2, 0.25) is 0 Å². The minimum atomic E-state index is 0.645. The van der Waals surface area contributed by atoms with E-state index in [-0.39, 0.29) is 0 Å². The van der Waals surface area contributed by atoms with Crippen LogP contribution in [0.1, 0.15) is 36.0 Å². The van der Waals surface area contributed by atoms with Crippen LogP contribution in [0.15, 0.2) is 24.3 Å². The molecule has 0 aliphatic rings. The van der Waals surface area contributed by atoms with Gasteiger partial charge in [0.05, 0.1) is 29.2 Å². The summed E-state index contributed by atoms with van der Waals surface area (Å²) in [6, 6.07) is 8.02. The summed E-state index contributed by atoms with van der Waals surface area (Å²) in [5.41, 5.74) is 2.16. The van der Waals surface area contributed by atoms with E-state index in [4.69, 9.17) is 22.1 Å². The number of aryl methyl sites for hydroxylation is 2. The summed E-state index contributed by atoms with van der Waals surface area (Å²) in [4.78, 5) is 5.67. The molecule has 1 aromatic carbocycles. The predicted octanol–water partition coefficient (Wildman–Crippen LogP) is 5.01. The molecule has 0 atom stereocenters. The van der Waals surface area contributed by atoms with Gasteiger partial charge in [0.1, 0.15) is 5.75 Å². The molecule has 7 heteroatoms. The molecule has 0 bridgehead atoms. The van der Waals surface area contributed by atoms with E-state index in [9.17, 15) is 0 Å². The molecule has 0 saturated heterocycles. The minimum absolute atomic E-state index is 0.645. The van der Waals surface area contributed by atoms with E-state index in [1.807, 2.05) is 42.8 Å². The van der Waals surface area contributed by atoms with E-state index in [1.165, 1.54) is 0 Å². The first-order valence-electron chi connectivity index (χ1n) is 8.78. The van der Waals surface area contributed by atoms with Crippen molar-refractivity contribution < 1.29 is 4.74 Å². The van der Waals surface area contributed by atoms with Gasteiger partial charge in [0, 0.05) is 6.54 Å². The number of unbranched alkanes of at least 4 members (excludes halogenated alkanes) is 1. The van der Waals surface area contributed by atoms with Crippen molar-refractivity contribution in [3.05, 3.63) is 45.3 Å². The zero-order valence-corrected chi connectivity index (χ0v) is 17.3. The van der Waals surface area contributed by atoms with Crippen LogP contribution >= 0.6 is 23.6 Å². The third kappa shape index (κ3) is 3.88. The van der Waals surface area contributed by atoms with Gasteiger partial charge in [0.25, 0.3) is 0 Å². The van der Waals surface area contributed by atoms with Gasteiger partial charge in [-0.05, 0) is 50.2 Å². The Morgan fingerprint density at radius 1 is 1.19 bits per heavy atom. The molecular weight excluding hydrogens is 364 g/mol. The molecule has 138 valence electrons. The number of nitrogens with zero attached hydrogens (tertiary/aromatic N) is 4. The molecule has 5 nitrogen and oxygen atoms in total. The zero-order chi connectivity index (χ0) is 18.7. The van der Waals surface area contributed by atoms with Crippen molar-refractivity contribution in [3.8, 4) is 16.5 Å². The third-order valence-electron chi connectivity index (χ3n) is 4.26. The Morgan fingerprint density at radius 3 is 2.50 bits per heavy atom. The number of ether oxygens (including phenoxy) is 1. The number of aromatic nitrogens is 4. The molecule has 3 aromatic rings. The molecule has 0 amide bonds. The van der Waals surface area contributed by atoms with E-state index in [0.717, 1.165) is 56.9 Å². The molecule has 26 heavy (non-hydrogen) atoms. The highest BCUT2D eigenvalue weighted by Crippen LogP contribution is 2.29. The van der Waals surface area contributed by atoms with Crippen molar-refractivity contribution in [2.75, 3.05) is 7.11 Å². The normalized spacial score (nSPS) is 11.1. The van der Waals surface area contributed by atoms with Crippen LogP contribution < -0.4 is 4.74 Å². The van der Waals surface area contributed by atoms with Crippen LogP contribution in [0.3, 0.4) is 0 Å². The van der Waals surface area contributed by atoms with Gasteiger partial charge in [-0.3, -0.25) is 4.57 Å². The van der Waals surface area contributed by atoms with Crippen LogP contribution in [0.4, 0.5) is 0 Å². The van der Waals surface area contributed by atoms with Gasteiger partial charge in [-0.1, -0.05) is 25.5 Å². The second-order valence-electron chi connectivity index (χ2n) is 6.26. The van der Waals surface area contributed by atoms with Crippen LogP contribution in [-0.4, -0.2) is 26.4 Å². The van der Waals surface area contributed by atoms with Gasteiger partial charge in [-0.15, -0.1) is 11.3 Å². The maximum absolute atomic E-state index is 5.75. The van der Waals surface area contributed by atoms with Crippen molar-refractivity contribution in [1.82, 2.24) is 19.3 Å². The lowest BCUT2D eigenvalue weighted by molar-refractivity contribution is 0.414. The summed E-state index contributed by atoms with van der Waals surface area (Å²) in [5.74, 6) is 1.78. The third-order valence-corrected chi connectivity index (χ3v) is 5.76. The largest absolute Gasteiger partial charge is 0.497 e. The van der Waals surface area contributed by atoms with Crippen LogP contribution in [0.25, 0.3) is 10.7 Å². The molecule has 0 radical (unpaired) electrons. The van der Waals surface area contributed by atoms with E-state index < -0.39 is 0 Å². The fourth-order valence-electron chi connectivity index (χ4n) is 2.87.